The largest absolute Gasteiger partial charge is 0.496 e. The van der Waals surface area contributed by atoms with Gasteiger partial charge in [-0.25, -0.2) is 0 Å². The van der Waals surface area contributed by atoms with E-state index < -0.39 is 11.8 Å². The number of nitrogens with zero attached hydrogens (tertiary/aromatic N) is 1. The SMILES string of the molecule is COc1cccc(C(=O)NCCC(N)=O)c1SC(=O)c1cccnc1. The van der Waals surface area contributed by atoms with Crippen LogP contribution in [0, 0.1) is 0 Å². The molecule has 0 saturated carbocycles. The third-order valence-corrected chi connectivity index (χ3v) is 4.24. The minimum Gasteiger partial charge on any atom is -0.496 e. The summed E-state index contributed by atoms with van der Waals surface area (Å²) in [7, 11) is 1.46. The molecule has 2 aromatic rings. The molecule has 2 rings (SSSR count). The summed E-state index contributed by atoms with van der Waals surface area (Å²) in [6, 6.07) is 8.21. The third kappa shape index (κ3) is 5.05. The van der Waals surface area contributed by atoms with Crippen molar-refractivity contribution >= 4 is 28.7 Å². The van der Waals surface area contributed by atoms with E-state index in [1.807, 2.05) is 0 Å². The summed E-state index contributed by atoms with van der Waals surface area (Å²) >= 11 is 0.886. The van der Waals surface area contributed by atoms with E-state index in [2.05, 4.69) is 10.3 Å². The van der Waals surface area contributed by atoms with E-state index in [0.29, 0.717) is 16.2 Å². The van der Waals surface area contributed by atoms with Crippen molar-refractivity contribution in [1.29, 1.82) is 0 Å². The normalized spacial score (nSPS) is 10.1. The zero-order valence-corrected chi connectivity index (χ0v) is 14.3. The first-order valence-electron chi connectivity index (χ1n) is 7.38. The predicted octanol–water partition coefficient (Wildman–Crippen LogP) is 1.63. The molecule has 0 atom stereocenters. The average Bonchev–Trinajstić information content (AvgIpc) is 2.62. The first-order valence-corrected chi connectivity index (χ1v) is 8.20. The highest BCUT2D eigenvalue weighted by molar-refractivity contribution is 8.14. The average molecular weight is 359 g/mol. The summed E-state index contributed by atoms with van der Waals surface area (Å²) in [4.78, 5) is 39.9. The maximum atomic E-state index is 12.4. The molecule has 7 nitrogen and oxygen atoms in total. The fourth-order valence-electron chi connectivity index (χ4n) is 1.99. The van der Waals surface area contributed by atoms with Gasteiger partial charge in [0, 0.05) is 30.9 Å². The van der Waals surface area contributed by atoms with Crippen molar-refractivity contribution in [1.82, 2.24) is 10.3 Å². The summed E-state index contributed by atoms with van der Waals surface area (Å²) < 4.78 is 5.27. The summed E-state index contributed by atoms with van der Waals surface area (Å²) in [5.74, 6) is -0.515. The van der Waals surface area contributed by atoms with Gasteiger partial charge in [0.25, 0.3) is 5.91 Å². The highest BCUT2D eigenvalue weighted by Crippen LogP contribution is 2.34. The molecule has 2 amide bonds. The predicted molar refractivity (Wildman–Crippen MR) is 93.6 cm³/mol. The van der Waals surface area contributed by atoms with Gasteiger partial charge in [0.1, 0.15) is 5.75 Å². The number of hydrogen-bond donors (Lipinski definition) is 2. The van der Waals surface area contributed by atoms with Gasteiger partial charge in [-0.3, -0.25) is 19.4 Å². The molecule has 0 radical (unpaired) electrons. The highest BCUT2D eigenvalue weighted by Gasteiger charge is 2.20. The Balaban J connectivity index is 2.24. The number of hydrogen-bond acceptors (Lipinski definition) is 6. The molecule has 1 heterocycles. The third-order valence-electron chi connectivity index (χ3n) is 3.19. The van der Waals surface area contributed by atoms with Gasteiger partial charge in [0.05, 0.1) is 17.6 Å². The van der Waals surface area contributed by atoms with Crippen molar-refractivity contribution < 1.29 is 19.1 Å². The van der Waals surface area contributed by atoms with Gasteiger partial charge in [-0.1, -0.05) is 6.07 Å². The summed E-state index contributed by atoms with van der Waals surface area (Å²) in [5, 5.41) is 2.34. The summed E-state index contributed by atoms with van der Waals surface area (Å²) in [5.41, 5.74) is 5.76. The maximum Gasteiger partial charge on any atom is 0.252 e. The Bertz CT molecular complexity index is 781. The minimum absolute atomic E-state index is 0.0345. The molecule has 0 aliphatic carbocycles. The second-order valence-corrected chi connectivity index (χ2v) is 5.92. The van der Waals surface area contributed by atoms with Crippen LogP contribution >= 0.6 is 11.8 Å². The van der Waals surface area contributed by atoms with Crippen molar-refractivity contribution in [3.8, 4) is 5.75 Å². The summed E-state index contributed by atoms with van der Waals surface area (Å²) in [6.07, 6.45) is 3.06. The van der Waals surface area contributed by atoms with E-state index in [-0.39, 0.29) is 23.6 Å². The van der Waals surface area contributed by atoms with Crippen LogP contribution in [-0.4, -0.2) is 35.6 Å². The Morgan fingerprint density at radius 2 is 2.04 bits per heavy atom. The molecular formula is C17H17N3O4S. The molecule has 0 saturated heterocycles. The lowest BCUT2D eigenvalue weighted by atomic mass is 10.2. The Hall–Kier alpha value is -2.87. The van der Waals surface area contributed by atoms with Gasteiger partial charge < -0.3 is 15.8 Å². The zero-order valence-electron chi connectivity index (χ0n) is 13.5. The van der Waals surface area contributed by atoms with Crippen LogP contribution in [0.2, 0.25) is 0 Å². The van der Waals surface area contributed by atoms with Gasteiger partial charge in [0.15, 0.2) is 0 Å². The van der Waals surface area contributed by atoms with Crippen molar-refractivity contribution in [2.24, 2.45) is 5.73 Å². The Labute approximate surface area is 149 Å². The van der Waals surface area contributed by atoms with E-state index in [1.54, 1.807) is 36.5 Å². The molecule has 0 spiro atoms. The van der Waals surface area contributed by atoms with Gasteiger partial charge in [0.2, 0.25) is 11.0 Å². The smallest absolute Gasteiger partial charge is 0.252 e. The molecule has 25 heavy (non-hydrogen) atoms. The number of carbonyl (C=O) groups excluding carboxylic acids is 3. The van der Waals surface area contributed by atoms with Crippen molar-refractivity contribution in [2.45, 2.75) is 11.3 Å². The van der Waals surface area contributed by atoms with Gasteiger partial charge >= 0.3 is 0 Å². The number of thioether (sulfide) groups is 1. The van der Waals surface area contributed by atoms with E-state index >= 15 is 0 Å². The Morgan fingerprint density at radius 1 is 1.24 bits per heavy atom. The highest BCUT2D eigenvalue weighted by atomic mass is 32.2. The molecular weight excluding hydrogens is 342 g/mol. The molecule has 0 aliphatic rings. The van der Waals surface area contributed by atoms with Crippen LogP contribution in [-0.2, 0) is 4.79 Å². The molecule has 8 heteroatoms. The number of primary amides is 1. The van der Waals surface area contributed by atoms with Crippen LogP contribution < -0.4 is 15.8 Å². The van der Waals surface area contributed by atoms with E-state index in [1.165, 1.54) is 13.3 Å². The lowest BCUT2D eigenvalue weighted by Gasteiger charge is -2.12. The molecule has 1 aromatic heterocycles. The van der Waals surface area contributed by atoms with Crippen LogP contribution in [0.15, 0.2) is 47.6 Å². The zero-order chi connectivity index (χ0) is 18.2. The number of ether oxygens (including phenoxy) is 1. The van der Waals surface area contributed by atoms with Gasteiger partial charge in [-0.2, -0.15) is 0 Å². The maximum absolute atomic E-state index is 12.4. The van der Waals surface area contributed by atoms with Gasteiger partial charge in [-0.15, -0.1) is 0 Å². The number of rotatable bonds is 7. The lowest BCUT2D eigenvalue weighted by molar-refractivity contribution is -0.117. The first kappa shape index (κ1) is 18.5. The molecule has 130 valence electrons. The second kappa shape index (κ2) is 8.84. The Morgan fingerprint density at radius 3 is 2.68 bits per heavy atom. The number of methoxy groups -OCH3 is 1. The lowest BCUT2D eigenvalue weighted by Crippen LogP contribution is -2.28. The number of benzene rings is 1. The van der Waals surface area contributed by atoms with Crippen LogP contribution in [0.5, 0.6) is 5.75 Å². The molecule has 0 fully saturated rings. The molecule has 1 aromatic carbocycles. The fraction of sp³-hybridized carbons (Fsp3) is 0.176. The van der Waals surface area contributed by atoms with E-state index in [0.717, 1.165) is 11.8 Å². The van der Waals surface area contributed by atoms with Gasteiger partial charge in [-0.05, 0) is 36.0 Å². The van der Waals surface area contributed by atoms with Crippen LogP contribution in [0.3, 0.4) is 0 Å². The minimum atomic E-state index is -0.507. The number of pyridine rings is 1. The standard InChI is InChI=1S/C17H17N3O4S/c1-24-13-6-2-5-12(16(22)20-9-7-14(18)21)15(13)25-17(23)11-4-3-8-19-10-11/h2-6,8,10H,7,9H2,1H3,(H2,18,21)(H,20,22). The molecule has 0 bridgehead atoms. The molecule has 0 aliphatic heterocycles. The van der Waals surface area contributed by atoms with Crippen molar-refractivity contribution in [3.63, 3.8) is 0 Å². The second-order valence-electron chi connectivity index (χ2n) is 4.94. The number of nitrogens with two attached hydrogens (primary N) is 1. The number of aromatic nitrogens is 1. The van der Waals surface area contributed by atoms with Crippen molar-refractivity contribution in [2.75, 3.05) is 13.7 Å². The quantitative estimate of drug-likeness (QED) is 0.727. The number of nitrogens with one attached hydrogen (secondary N) is 1. The Kier molecular flexibility index (Phi) is 6.53. The number of amides is 2. The van der Waals surface area contributed by atoms with Crippen LogP contribution in [0.25, 0.3) is 0 Å². The summed E-state index contributed by atoms with van der Waals surface area (Å²) in [6.45, 7) is 0.117. The van der Waals surface area contributed by atoms with Crippen LogP contribution in [0.1, 0.15) is 27.1 Å². The van der Waals surface area contributed by atoms with Crippen LogP contribution in [0.4, 0.5) is 0 Å². The fourth-order valence-corrected chi connectivity index (χ4v) is 2.94. The van der Waals surface area contributed by atoms with E-state index in [4.69, 9.17) is 10.5 Å². The van der Waals surface area contributed by atoms with Crippen molar-refractivity contribution in [3.05, 3.63) is 53.9 Å². The molecule has 0 unspecified atom stereocenters. The first-order chi connectivity index (χ1) is 12.0. The number of carbonyl (C=O) groups is 3. The monoisotopic (exact) mass is 359 g/mol. The molecule has 3 N–H and O–H groups in total. The topological polar surface area (TPSA) is 111 Å². The van der Waals surface area contributed by atoms with E-state index in [9.17, 15) is 14.4 Å².